The van der Waals surface area contributed by atoms with Gasteiger partial charge in [-0.05, 0) is 74.6 Å². The van der Waals surface area contributed by atoms with Gasteiger partial charge in [-0.3, -0.25) is 14.4 Å². The van der Waals surface area contributed by atoms with Crippen molar-refractivity contribution in [2.75, 3.05) is 32.7 Å². The van der Waals surface area contributed by atoms with Crippen molar-refractivity contribution in [1.82, 2.24) is 14.8 Å². The van der Waals surface area contributed by atoms with Crippen LogP contribution < -0.4 is 0 Å². The van der Waals surface area contributed by atoms with E-state index in [4.69, 9.17) is 0 Å². The molecule has 8 heteroatoms. The molecular formula is C30H40FN3O3S. The summed E-state index contributed by atoms with van der Waals surface area (Å²) in [4.78, 5) is 47.0. The van der Waals surface area contributed by atoms with E-state index in [2.05, 4.69) is 9.88 Å². The normalized spacial score (nSPS) is 22.4. The lowest BCUT2D eigenvalue weighted by molar-refractivity contribution is -0.135. The Balaban J connectivity index is 1.39. The second-order valence-electron chi connectivity index (χ2n) is 11.1. The van der Waals surface area contributed by atoms with Gasteiger partial charge in [0.15, 0.2) is 5.78 Å². The maximum atomic E-state index is 13.3. The van der Waals surface area contributed by atoms with Crippen molar-refractivity contribution in [2.45, 2.75) is 65.7 Å². The fourth-order valence-electron chi connectivity index (χ4n) is 6.16. The number of ketones is 2. The van der Waals surface area contributed by atoms with E-state index in [1.807, 2.05) is 30.9 Å². The molecule has 3 heterocycles. The Morgan fingerprint density at radius 2 is 1.84 bits per heavy atom. The average molecular weight is 542 g/mol. The lowest BCUT2D eigenvalue weighted by atomic mass is 9.80. The lowest BCUT2D eigenvalue weighted by Gasteiger charge is -2.42. The number of nitrogens with zero attached hydrogens (tertiary/aromatic N) is 3. The smallest absolute Gasteiger partial charge is 0.222 e. The standard InChI is InChI=1S/C30H40FN3O3S/c1-4-29(37)34-13-11-24(18-33-12-5-6-23(17-33)14-22-7-9-26(31)10-8-22)25(19-34)15-27(36)16-28-32-20(2)30(38-28)21(3)35/h7-10,23-25H,4-6,11-19H2,1-3H3/t23-,24-,25+/m0/s1. The third-order valence-electron chi connectivity index (χ3n) is 8.08. The summed E-state index contributed by atoms with van der Waals surface area (Å²) in [6.07, 6.45) is 5.34. The molecular weight excluding hydrogens is 501 g/mol. The highest BCUT2D eigenvalue weighted by Gasteiger charge is 2.34. The van der Waals surface area contributed by atoms with E-state index in [-0.39, 0.29) is 35.6 Å². The second-order valence-corrected chi connectivity index (χ2v) is 12.2. The number of aromatic nitrogens is 1. The van der Waals surface area contributed by atoms with Crippen LogP contribution in [0.3, 0.4) is 0 Å². The van der Waals surface area contributed by atoms with Crippen LogP contribution in [0.2, 0.25) is 0 Å². The predicted octanol–water partition coefficient (Wildman–Crippen LogP) is 5.12. The molecule has 0 radical (unpaired) electrons. The fourth-order valence-corrected chi connectivity index (χ4v) is 7.15. The summed E-state index contributed by atoms with van der Waals surface area (Å²) < 4.78 is 13.3. The first kappa shape index (κ1) is 28.6. The van der Waals surface area contributed by atoms with Gasteiger partial charge in [-0.2, -0.15) is 0 Å². The van der Waals surface area contributed by atoms with Gasteiger partial charge in [-0.15, -0.1) is 11.3 Å². The predicted molar refractivity (Wildman–Crippen MR) is 148 cm³/mol. The average Bonchev–Trinajstić information content (AvgIpc) is 3.26. The summed E-state index contributed by atoms with van der Waals surface area (Å²) in [5.74, 6) is 1.09. The zero-order chi connectivity index (χ0) is 27.2. The number of piperidine rings is 2. The van der Waals surface area contributed by atoms with Gasteiger partial charge in [0.05, 0.1) is 17.0 Å². The van der Waals surface area contributed by atoms with Crippen LogP contribution in [0.5, 0.6) is 0 Å². The molecule has 2 fully saturated rings. The van der Waals surface area contributed by atoms with Gasteiger partial charge in [0.1, 0.15) is 16.6 Å². The molecule has 0 bridgehead atoms. The highest BCUT2D eigenvalue weighted by atomic mass is 32.1. The molecule has 38 heavy (non-hydrogen) atoms. The van der Waals surface area contributed by atoms with Gasteiger partial charge >= 0.3 is 0 Å². The van der Waals surface area contributed by atoms with E-state index in [1.54, 1.807) is 0 Å². The van der Waals surface area contributed by atoms with Gasteiger partial charge in [-0.1, -0.05) is 19.1 Å². The zero-order valence-electron chi connectivity index (χ0n) is 22.9. The molecule has 1 aromatic carbocycles. The van der Waals surface area contributed by atoms with Crippen LogP contribution in [0, 0.1) is 30.5 Å². The number of hydrogen-bond donors (Lipinski definition) is 0. The number of aryl methyl sites for hydroxylation is 1. The zero-order valence-corrected chi connectivity index (χ0v) is 23.7. The third kappa shape index (κ3) is 7.56. The molecule has 2 aliphatic rings. The van der Waals surface area contributed by atoms with Crippen molar-refractivity contribution >= 4 is 28.8 Å². The minimum Gasteiger partial charge on any atom is -0.342 e. The Bertz CT molecular complexity index is 1130. The molecule has 0 N–H and O–H groups in total. The van der Waals surface area contributed by atoms with Crippen LogP contribution in [0.1, 0.15) is 71.9 Å². The van der Waals surface area contributed by atoms with Crippen LogP contribution in [-0.2, 0) is 22.4 Å². The quantitative estimate of drug-likeness (QED) is 0.390. The van der Waals surface area contributed by atoms with E-state index in [0.29, 0.717) is 46.8 Å². The van der Waals surface area contributed by atoms with Gasteiger partial charge < -0.3 is 9.80 Å². The number of thiazole rings is 1. The van der Waals surface area contributed by atoms with Crippen LogP contribution in [0.25, 0.3) is 0 Å². The van der Waals surface area contributed by atoms with E-state index in [1.165, 1.54) is 42.4 Å². The number of Topliss-reactive ketones (excluding diaryl/α,β-unsaturated/α-hetero) is 2. The minimum absolute atomic E-state index is 0.0148. The summed E-state index contributed by atoms with van der Waals surface area (Å²) >= 11 is 1.32. The summed E-state index contributed by atoms with van der Waals surface area (Å²) in [5.41, 5.74) is 1.87. The molecule has 2 aliphatic heterocycles. The van der Waals surface area contributed by atoms with Crippen LogP contribution >= 0.6 is 11.3 Å². The molecule has 1 aromatic heterocycles. The van der Waals surface area contributed by atoms with Crippen molar-refractivity contribution < 1.29 is 18.8 Å². The molecule has 1 amide bonds. The van der Waals surface area contributed by atoms with Crippen molar-refractivity contribution in [3.8, 4) is 0 Å². The Labute approximate surface area is 229 Å². The fraction of sp³-hybridized carbons (Fsp3) is 0.600. The number of rotatable bonds is 10. The molecule has 6 nitrogen and oxygen atoms in total. The van der Waals surface area contributed by atoms with E-state index in [9.17, 15) is 18.8 Å². The molecule has 2 aromatic rings. The SMILES string of the molecule is CCC(=O)N1CC[C@@H](CN2CCC[C@@H](Cc3ccc(F)cc3)C2)[C@H](CC(=O)Cc2nc(C)c(C(C)=O)s2)C1. The molecule has 2 saturated heterocycles. The van der Waals surface area contributed by atoms with E-state index >= 15 is 0 Å². The van der Waals surface area contributed by atoms with E-state index < -0.39 is 0 Å². The Kier molecular flexibility index (Phi) is 9.82. The topological polar surface area (TPSA) is 70.6 Å². The number of benzene rings is 1. The Morgan fingerprint density at radius 3 is 2.53 bits per heavy atom. The lowest BCUT2D eigenvalue weighted by Crippen LogP contribution is -2.48. The monoisotopic (exact) mass is 541 g/mol. The first-order valence-electron chi connectivity index (χ1n) is 13.9. The summed E-state index contributed by atoms with van der Waals surface area (Å²) in [5, 5.41) is 0.700. The number of carbonyl (C=O) groups excluding carboxylic acids is 3. The maximum Gasteiger partial charge on any atom is 0.222 e. The molecule has 3 atom stereocenters. The molecule has 0 saturated carbocycles. The summed E-state index contributed by atoms with van der Waals surface area (Å²) in [7, 11) is 0. The minimum atomic E-state index is -0.197. The van der Waals surface area contributed by atoms with Gasteiger partial charge in [0.2, 0.25) is 5.91 Å². The first-order valence-corrected chi connectivity index (χ1v) is 14.8. The number of hydrogen-bond acceptors (Lipinski definition) is 6. The highest BCUT2D eigenvalue weighted by molar-refractivity contribution is 7.13. The van der Waals surface area contributed by atoms with Gasteiger partial charge in [-0.25, -0.2) is 9.37 Å². The number of amides is 1. The number of carbonyl (C=O) groups is 3. The second kappa shape index (κ2) is 13.1. The third-order valence-corrected chi connectivity index (χ3v) is 9.34. The number of likely N-dealkylation sites (tertiary alicyclic amines) is 2. The van der Waals surface area contributed by atoms with Crippen LogP contribution in [0.4, 0.5) is 4.39 Å². The highest BCUT2D eigenvalue weighted by Crippen LogP contribution is 2.31. The maximum absolute atomic E-state index is 13.3. The first-order chi connectivity index (χ1) is 18.2. The van der Waals surface area contributed by atoms with Gasteiger partial charge in [0.25, 0.3) is 0 Å². The Morgan fingerprint density at radius 1 is 1.08 bits per heavy atom. The van der Waals surface area contributed by atoms with Crippen LogP contribution in [-0.4, -0.2) is 65.0 Å². The van der Waals surface area contributed by atoms with Gasteiger partial charge in [0, 0.05) is 45.9 Å². The summed E-state index contributed by atoms with van der Waals surface area (Å²) in [6.45, 7) is 9.63. The largest absolute Gasteiger partial charge is 0.342 e. The van der Waals surface area contributed by atoms with Crippen molar-refractivity contribution in [3.63, 3.8) is 0 Å². The van der Waals surface area contributed by atoms with Crippen molar-refractivity contribution in [2.24, 2.45) is 17.8 Å². The Hall–Kier alpha value is -2.45. The van der Waals surface area contributed by atoms with Crippen molar-refractivity contribution in [1.29, 1.82) is 0 Å². The van der Waals surface area contributed by atoms with E-state index in [0.717, 1.165) is 45.4 Å². The number of halogens is 1. The summed E-state index contributed by atoms with van der Waals surface area (Å²) in [6, 6.07) is 6.85. The molecule has 4 rings (SSSR count). The molecule has 0 spiro atoms. The van der Waals surface area contributed by atoms with Crippen molar-refractivity contribution in [3.05, 3.63) is 51.2 Å². The molecule has 0 unspecified atom stereocenters. The molecule has 0 aliphatic carbocycles. The van der Waals surface area contributed by atoms with Crippen LogP contribution in [0.15, 0.2) is 24.3 Å². The molecule has 206 valence electrons.